The average molecular weight is 316 g/mol. The van der Waals surface area contributed by atoms with Crippen molar-refractivity contribution in [3.63, 3.8) is 0 Å². The van der Waals surface area contributed by atoms with Gasteiger partial charge in [-0.2, -0.15) is 0 Å². The van der Waals surface area contributed by atoms with E-state index in [9.17, 15) is 0 Å². The summed E-state index contributed by atoms with van der Waals surface area (Å²) in [7, 11) is 1.80. The van der Waals surface area contributed by atoms with Crippen LogP contribution in [0.5, 0.6) is 0 Å². The number of guanidine groups is 1. The Morgan fingerprint density at radius 1 is 1.32 bits per heavy atom. The predicted octanol–water partition coefficient (Wildman–Crippen LogP) is 3.17. The van der Waals surface area contributed by atoms with E-state index in [0.29, 0.717) is 0 Å². The molecule has 2 aromatic rings. The van der Waals surface area contributed by atoms with Crippen molar-refractivity contribution < 1.29 is 0 Å². The molecule has 0 bridgehead atoms. The van der Waals surface area contributed by atoms with Gasteiger partial charge in [0.1, 0.15) is 0 Å². The van der Waals surface area contributed by atoms with Crippen molar-refractivity contribution >= 4 is 17.3 Å². The van der Waals surface area contributed by atoms with Gasteiger partial charge in [-0.1, -0.05) is 37.3 Å². The van der Waals surface area contributed by atoms with Crippen LogP contribution in [0.25, 0.3) is 0 Å². The first-order valence-corrected chi connectivity index (χ1v) is 8.56. The topological polar surface area (TPSA) is 49.3 Å². The standard InChI is InChI=1S/C17H24N4S/c1-4-16-21-15(12-22-16)10-11-19-17(18-3)20-13(2)14-8-6-5-7-9-14/h5-9,12-13H,4,10-11H2,1-3H3,(H2,18,19,20). The molecule has 1 aromatic heterocycles. The van der Waals surface area contributed by atoms with E-state index in [1.54, 1.807) is 18.4 Å². The maximum atomic E-state index is 4.58. The zero-order valence-corrected chi connectivity index (χ0v) is 14.3. The lowest BCUT2D eigenvalue weighted by Crippen LogP contribution is -2.39. The molecule has 0 radical (unpaired) electrons. The van der Waals surface area contributed by atoms with Gasteiger partial charge in [-0.15, -0.1) is 11.3 Å². The molecule has 0 saturated carbocycles. The summed E-state index contributed by atoms with van der Waals surface area (Å²) in [5.74, 6) is 0.822. The third-order valence-corrected chi connectivity index (χ3v) is 4.49. The van der Waals surface area contributed by atoms with E-state index in [1.165, 1.54) is 10.6 Å². The van der Waals surface area contributed by atoms with E-state index in [1.807, 2.05) is 6.07 Å². The van der Waals surface area contributed by atoms with Gasteiger partial charge in [-0.05, 0) is 18.9 Å². The smallest absolute Gasteiger partial charge is 0.191 e. The molecule has 1 aromatic carbocycles. The summed E-state index contributed by atoms with van der Waals surface area (Å²) in [6.45, 7) is 5.10. The third-order valence-electron chi connectivity index (χ3n) is 3.45. The Kier molecular flexibility index (Phi) is 6.40. The van der Waals surface area contributed by atoms with Crippen molar-refractivity contribution in [2.45, 2.75) is 32.7 Å². The number of nitrogens with zero attached hydrogens (tertiary/aromatic N) is 2. The summed E-state index contributed by atoms with van der Waals surface area (Å²) in [6.07, 6.45) is 1.92. The van der Waals surface area contributed by atoms with Crippen LogP contribution < -0.4 is 10.6 Å². The molecule has 1 unspecified atom stereocenters. The van der Waals surface area contributed by atoms with Crippen molar-refractivity contribution in [2.75, 3.05) is 13.6 Å². The van der Waals surface area contributed by atoms with Gasteiger partial charge in [0.25, 0.3) is 0 Å². The minimum Gasteiger partial charge on any atom is -0.356 e. The number of hydrogen-bond donors (Lipinski definition) is 2. The number of rotatable bonds is 6. The second-order valence-electron chi connectivity index (χ2n) is 5.11. The molecule has 2 N–H and O–H groups in total. The molecule has 1 heterocycles. The van der Waals surface area contributed by atoms with Gasteiger partial charge < -0.3 is 10.6 Å². The molecule has 0 aliphatic heterocycles. The van der Waals surface area contributed by atoms with Gasteiger partial charge in [-0.25, -0.2) is 4.98 Å². The molecule has 0 aliphatic rings. The largest absolute Gasteiger partial charge is 0.356 e. The summed E-state index contributed by atoms with van der Waals surface area (Å²) in [5.41, 5.74) is 2.40. The second-order valence-corrected chi connectivity index (χ2v) is 6.05. The van der Waals surface area contributed by atoms with E-state index in [4.69, 9.17) is 0 Å². The van der Waals surface area contributed by atoms with Crippen molar-refractivity contribution in [1.82, 2.24) is 15.6 Å². The highest BCUT2D eigenvalue weighted by molar-refractivity contribution is 7.09. The Morgan fingerprint density at radius 3 is 2.73 bits per heavy atom. The second kappa shape index (κ2) is 8.54. The van der Waals surface area contributed by atoms with Crippen molar-refractivity contribution in [3.8, 4) is 0 Å². The van der Waals surface area contributed by atoms with E-state index in [0.717, 1.165) is 31.0 Å². The molecule has 2 rings (SSSR count). The fourth-order valence-electron chi connectivity index (χ4n) is 2.16. The first kappa shape index (κ1) is 16.5. The maximum absolute atomic E-state index is 4.58. The van der Waals surface area contributed by atoms with Crippen LogP contribution in [-0.4, -0.2) is 24.5 Å². The zero-order valence-electron chi connectivity index (χ0n) is 13.5. The highest BCUT2D eigenvalue weighted by Gasteiger charge is 2.07. The summed E-state index contributed by atoms with van der Waals surface area (Å²) >= 11 is 1.74. The summed E-state index contributed by atoms with van der Waals surface area (Å²) < 4.78 is 0. The molecular formula is C17H24N4S. The van der Waals surface area contributed by atoms with Crippen LogP contribution in [0.2, 0.25) is 0 Å². The molecule has 22 heavy (non-hydrogen) atoms. The number of nitrogens with one attached hydrogen (secondary N) is 2. The number of thiazole rings is 1. The molecule has 0 spiro atoms. The minimum atomic E-state index is 0.221. The van der Waals surface area contributed by atoms with E-state index < -0.39 is 0 Å². The number of aromatic nitrogens is 1. The Labute approximate surface area is 136 Å². The monoisotopic (exact) mass is 316 g/mol. The van der Waals surface area contributed by atoms with E-state index in [2.05, 4.69) is 64.1 Å². The first-order chi connectivity index (χ1) is 10.7. The molecule has 0 amide bonds. The fourth-order valence-corrected chi connectivity index (χ4v) is 2.94. The number of benzene rings is 1. The van der Waals surface area contributed by atoms with Gasteiger partial charge in [-0.3, -0.25) is 4.99 Å². The normalized spacial score (nSPS) is 13.0. The molecular weight excluding hydrogens is 292 g/mol. The van der Waals surface area contributed by atoms with Crippen molar-refractivity contribution in [1.29, 1.82) is 0 Å². The zero-order chi connectivity index (χ0) is 15.8. The lowest BCUT2D eigenvalue weighted by atomic mass is 10.1. The van der Waals surface area contributed by atoms with Crippen molar-refractivity contribution in [2.24, 2.45) is 4.99 Å². The third kappa shape index (κ3) is 4.84. The molecule has 0 saturated heterocycles. The van der Waals surface area contributed by atoms with Crippen LogP contribution in [0.3, 0.4) is 0 Å². The molecule has 0 fully saturated rings. The van der Waals surface area contributed by atoms with Crippen LogP contribution in [0.15, 0.2) is 40.7 Å². The molecule has 5 heteroatoms. The number of aliphatic imine (C=N–C) groups is 1. The van der Waals surface area contributed by atoms with Crippen LogP contribution in [0, 0.1) is 0 Å². The van der Waals surface area contributed by atoms with Gasteiger partial charge in [0, 0.05) is 25.4 Å². The van der Waals surface area contributed by atoms with E-state index in [-0.39, 0.29) is 6.04 Å². The molecule has 118 valence electrons. The minimum absolute atomic E-state index is 0.221. The van der Waals surface area contributed by atoms with Crippen molar-refractivity contribution in [3.05, 3.63) is 52.0 Å². The van der Waals surface area contributed by atoms with E-state index >= 15 is 0 Å². The Bertz CT molecular complexity index is 592. The van der Waals surface area contributed by atoms with Crippen LogP contribution in [0.1, 0.15) is 36.2 Å². The fraction of sp³-hybridized carbons (Fsp3) is 0.412. The SMILES string of the molecule is CCc1nc(CCNC(=NC)NC(C)c2ccccc2)cs1. The summed E-state index contributed by atoms with van der Waals surface area (Å²) in [4.78, 5) is 8.86. The average Bonchev–Trinajstić information content (AvgIpc) is 3.02. The van der Waals surface area contributed by atoms with Gasteiger partial charge in [0.05, 0.1) is 16.7 Å². The Balaban J connectivity index is 1.80. The number of aryl methyl sites for hydroxylation is 1. The van der Waals surface area contributed by atoms with Gasteiger partial charge >= 0.3 is 0 Å². The maximum Gasteiger partial charge on any atom is 0.191 e. The molecule has 1 atom stereocenters. The summed E-state index contributed by atoms with van der Waals surface area (Å²) in [5, 5.41) is 10.1. The lowest BCUT2D eigenvalue weighted by molar-refractivity contribution is 0.683. The van der Waals surface area contributed by atoms with Gasteiger partial charge in [0.2, 0.25) is 0 Å². The van der Waals surface area contributed by atoms with Crippen LogP contribution >= 0.6 is 11.3 Å². The Morgan fingerprint density at radius 2 is 2.09 bits per heavy atom. The Hall–Kier alpha value is -1.88. The molecule has 0 aliphatic carbocycles. The van der Waals surface area contributed by atoms with Crippen LogP contribution in [-0.2, 0) is 12.8 Å². The quantitative estimate of drug-likeness (QED) is 0.636. The highest BCUT2D eigenvalue weighted by atomic mass is 32.1. The number of hydrogen-bond acceptors (Lipinski definition) is 3. The van der Waals surface area contributed by atoms with Gasteiger partial charge in [0.15, 0.2) is 5.96 Å². The molecule has 4 nitrogen and oxygen atoms in total. The predicted molar refractivity (Wildman–Crippen MR) is 94.6 cm³/mol. The highest BCUT2D eigenvalue weighted by Crippen LogP contribution is 2.11. The first-order valence-electron chi connectivity index (χ1n) is 7.68. The summed E-state index contributed by atoms with van der Waals surface area (Å²) in [6, 6.07) is 10.6. The lowest BCUT2D eigenvalue weighted by Gasteiger charge is -2.18. The van der Waals surface area contributed by atoms with Crippen LogP contribution in [0.4, 0.5) is 0 Å².